The first-order valence-corrected chi connectivity index (χ1v) is 7.76. The minimum absolute atomic E-state index is 0.214. The highest BCUT2D eigenvalue weighted by Gasteiger charge is 2.19. The monoisotopic (exact) mass is 367 g/mol. The first kappa shape index (κ1) is 16.3. The molecule has 0 unspecified atom stereocenters. The second-order valence-electron chi connectivity index (χ2n) is 4.64. The van der Waals surface area contributed by atoms with E-state index < -0.39 is 29.1 Å². The number of benzene rings is 2. The molecule has 0 fully saturated rings. The van der Waals surface area contributed by atoms with E-state index in [4.69, 9.17) is 11.6 Å². The number of halogens is 3. The van der Waals surface area contributed by atoms with Gasteiger partial charge in [-0.15, -0.1) is 0 Å². The summed E-state index contributed by atoms with van der Waals surface area (Å²) in [6.45, 7) is 0. The van der Waals surface area contributed by atoms with E-state index in [2.05, 4.69) is 10.3 Å². The summed E-state index contributed by atoms with van der Waals surface area (Å²) in [7, 11) is 0. The molecule has 0 spiro atoms. The number of thiazole rings is 1. The molecule has 3 aromatic rings. The number of anilines is 1. The van der Waals surface area contributed by atoms with Crippen molar-refractivity contribution in [3.8, 4) is 0 Å². The predicted molar refractivity (Wildman–Crippen MR) is 87.5 cm³/mol. The summed E-state index contributed by atoms with van der Waals surface area (Å²) in [4.78, 5) is 27.8. The van der Waals surface area contributed by atoms with Gasteiger partial charge in [-0.05, 0) is 30.3 Å². The van der Waals surface area contributed by atoms with Gasteiger partial charge in [-0.3, -0.25) is 15.4 Å². The van der Waals surface area contributed by atoms with E-state index in [9.17, 15) is 18.4 Å². The van der Waals surface area contributed by atoms with Crippen molar-refractivity contribution < 1.29 is 18.4 Å². The lowest BCUT2D eigenvalue weighted by Crippen LogP contribution is -2.35. The first-order chi connectivity index (χ1) is 11.4. The molecule has 0 aliphatic carbocycles. The molecule has 0 atom stereocenters. The van der Waals surface area contributed by atoms with Crippen molar-refractivity contribution in [3.63, 3.8) is 0 Å². The Morgan fingerprint density at radius 1 is 1.12 bits per heavy atom. The Hall–Kier alpha value is -2.58. The fourth-order valence-electron chi connectivity index (χ4n) is 1.96. The number of rotatable bonds is 2. The molecule has 0 radical (unpaired) electrons. The molecule has 0 saturated carbocycles. The number of hydrogen-bond donors (Lipinski definition) is 2. The molecule has 1 heterocycles. The smallest absolute Gasteiger partial charge is 0.283 e. The van der Waals surface area contributed by atoms with Crippen LogP contribution in [0.1, 0.15) is 10.4 Å². The van der Waals surface area contributed by atoms with Crippen LogP contribution >= 0.6 is 22.9 Å². The highest BCUT2D eigenvalue weighted by molar-refractivity contribution is 7.22. The van der Waals surface area contributed by atoms with Gasteiger partial charge in [0.2, 0.25) is 0 Å². The molecule has 0 bridgehead atoms. The lowest BCUT2D eigenvalue weighted by Gasteiger charge is -2.06. The van der Waals surface area contributed by atoms with Gasteiger partial charge >= 0.3 is 6.03 Å². The maximum atomic E-state index is 13.5. The Morgan fingerprint density at radius 2 is 1.83 bits per heavy atom. The zero-order valence-electron chi connectivity index (χ0n) is 11.8. The molecule has 2 aromatic carbocycles. The second-order valence-corrected chi connectivity index (χ2v) is 6.10. The summed E-state index contributed by atoms with van der Waals surface area (Å²) < 4.78 is 27.8. The minimum Gasteiger partial charge on any atom is -0.283 e. The van der Waals surface area contributed by atoms with Gasteiger partial charge in [0.15, 0.2) is 5.13 Å². The van der Waals surface area contributed by atoms with Crippen molar-refractivity contribution in [1.29, 1.82) is 0 Å². The van der Waals surface area contributed by atoms with Crippen LogP contribution in [0.25, 0.3) is 10.2 Å². The first-order valence-electron chi connectivity index (χ1n) is 6.56. The Labute approximate surface area is 143 Å². The summed E-state index contributed by atoms with van der Waals surface area (Å²) in [6.07, 6.45) is 0. The van der Waals surface area contributed by atoms with E-state index in [1.807, 2.05) is 5.32 Å². The van der Waals surface area contributed by atoms with Gasteiger partial charge in [0.05, 0.1) is 10.2 Å². The highest BCUT2D eigenvalue weighted by atomic mass is 35.5. The van der Waals surface area contributed by atoms with Gasteiger partial charge in [0.1, 0.15) is 17.2 Å². The molecule has 1 aromatic heterocycles. The topological polar surface area (TPSA) is 71.1 Å². The SMILES string of the molecule is O=C(NC(=O)c1c(F)cccc1F)Nc1nc2cc(Cl)ccc2s1. The Morgan fingerprint density at radius 3 is 2.54 bits per heavy atom. The van der Waals surface area contributed by atoms with Gasteiger partial charge in [-0.2, -0.15) is 0 Å². The van der Waals surface area contributed by atoms with Crippen LogP contribution in [0.2, 0.25) is 5.02 Å². The quantitative estimate of drug-likeness (QED) is 0.713. The van der Waals surface area contributed by atoms with Crippen LogP contribution in [0, 0.1) is 11.6 Å². The number of imide groups is 1. The molecule has 0 aliphatic rings. The van der Waals surface area contributed by atoms with E-state index in [-0.39, 0.29) is 5.13 Å². The Balaban J connectivity index is 1.73. The van der Waals surface area contributed by atoms with Crippen molar-refractivity contribution in [2.24, 2.45) is 0 Å². The van der Waals surface area contributed by atoms with Gasteiger partial charge < -0.3 is 0 Å². The van der Waals surface area contributed by atoms with Gasteiger partial charge in [-0.25, -0.2) is 18.6 Å². The minimum atomic E-state index is -1.19. The fraction of sp³-hybridized carbons (Fsp3) is 0. The van der Waals surface area contributed by atoms with E-state index in [0.29, 0.717) is 10.5 Å². The number of nitrogens with zero attached hydrogens (tertiary/aromatic N) is 1. The second kappa shape index (κ2) is 6.50. The maximum Gasteiger partial charge on any atom is 0.327 e. The average molecular weight is 368 g/mol. The molecule has 9 heteroatoms. The van der Waals surface area contributed by atoms with Gasteiger partial charge in [-0.1, -0.05) is 29.0 Å². The van der Waals surface area contributed by atoms with Crippen LogP contribution in [0.4, 0.5) is 18.7 Å². The van der Waals surface area contributed by atoms with E-state index >= 15 is 0 Å². The third-order valence-electron chi connectivity index (χ3n) is 2.99. The number of carbonyl (C=O) groups is 2. The lowest BCUT2D eigenvalue weighted by molar-refractivity contribution is 0.0959. The van der Waals surface area contributed by atoms with Crippen LogP contribution in [0.5, 0.6) is 0 Å². The maximum absolute atomic E-state index is 13.5. The number of aromatic nitrogens is 1. The fourth-order valence-corrected chi connectivity index (χ4v) is 2.97. The van der Waals surface area contributed by atoms with Crippen LogP contribution in [0.3, 0.4) is 0 Å². The van der Waals surface area contributed by atoms with Crippen LogP contribution in [-0.2, 0) is 0 Å². The van der Waals surface area contributed by atoms with E-state index in [1.54, 1.807) is 18.2 Å². The van der Waals surface area contributed by atoms with Crippen LogP contribution in [-0.4, -0.2) is 16.9 Å². The molecule has 24 heavy (non-hydrogen) atoms. The van der Waals surface area contributed by atoms with Crippen molar-refractivity contribution in [3.05, 3.63) is 58.6 Å². The third-order valence-corrected chi connectivity index (χ3v) is 4.17. The van der Waals surface area contributed by atoms with E-state index in [0.717, 1.165) is 34.2 Å². The molecule has 2 N–H and O–H groups in total. The van der Waals surface area contributed by atoms with Crippen LogP contribution in [0.15, 0.2) is 36.4 Å². The third kappa shape index (κ3) is 3.34. The van der Waals surface area contributed by atoms with Crippen molar-refractivity contribution in [1.82, 2.24) is 10.3 Å². The lowest BCUT2D eigenvalue weighted by atomic mass is 10.2. The normalized spacial score (nSPS) is 10.6. The highest BCUT2D eigenvalue weighted by Crippen LogP contribution is 2.27. The summed E-state index contributed by atoms with van der Waals surface area (Å²) in [5.41, 5.74) is -0.252. The van der Waals surface area contributed by atoms with Crippen molar-refractivity contribution >= 4 is 50.2 Å². The largest absolute Gasteiger partial charge is 0.327 e. The standard InChI is InChI=1S/C15H8ClF2N3O2S/c16-7-4-5-11-10(6-7)19-15(24-11)21-14(23)20-13(22)12-8(17)2-1-3-9(12)18/h1-6H,(H2,19,20,21,22,23). The summed E-state index contributed by atoms with van der Waals surface area (Å²) in [5.74, 6) is -3.31. The molecular weight excluding hydrogens is 360 g/mol. The molecule has 3 rings (SSSR count). The molecule has 122 valence electrons. The molecular formula is C15H8ClF2N3O2S. The number of amides is 3. The number of fused-ring (bicyclic) bond motifs is 1. The summed E-state index contributed by atoms with van der Waals surface area (Å²) in [5, 5.41) is 4.90. The van der Waals surface area contributed by atoms with Crippen molar-refractivity contribution in [2.75, 3.05) is 5.32 Å². The predicted octanol–water partition coefficient (Wildman–Crippen LogP) is 4.19. The van der Waals surface area contributed by atoms with Gasteiger partial charge in [0, 0.05) is 5.02 Å². The number of urea groups is 1. The average Bonchev–Trinajstić information content (AvgIpc) is 2.87. The van der Waals surface area contributed by atoms with Crippen LogP contribution < -0.4 is 10.6 Å². The Bertz CT molecular complexity index is 941. The van der Waals surface area contributed by atoms with Crippen molar-refractivity contribution in [2.45, 2.75) is 0 Å². The number of hydrogen-bond acceptors (Lipinski definition) is 4. The summed E-state index contributed by atoms with van der Waals surface area (Å²) in [6, 6.07) is 7.05. The molecule has 5 nitrogen and oxygen atoms in total. The number of nitrogens with one attached hydrogen (secondary N) is 2. The molecule has 0 aliphatic heterocycles. The summed E-state index contributed by atoms with van der Waals surface area (Å²) >= 11 is 7.01. The zero-order chi connectivity index (χ0) is 17.3. The molecule has 0 saturated heterocycles. The van der Waals surface area contributed by atoms with Gasteiger partial charge in [0.25, 0.3) is 5.91 Å². The number of carbonyl (C=O) groups excluding carboxylic acids is 2. The zero-order valence-corrected chi connectivity index (χ0v) is 13.3. The molecule has 3 amide bonds. The Kier molecular flexibility index (Phi) is 4.41. The van der Waals surface area contributed by atoms with E-state index in [1.165, 1.54) is 0 Å².